The molecule has 1 N–H and O–H groups in total. The minimum Gasteiger partial charge on any atom is -0.393 e. The molecule has 0 radical (unpaired) electrons. The van der Waals surface area contributed by atoms with Crippen LogP contribution in [0.15, 0.2) is 12.1 Å². The first-order valence-corrected chi connectivity index (χ1v) is 8.32. The van der Waals surface area contributed by atoms with Gasteiger partial charge in [-0.25, -0.2) is 4.39 Å². The summed E-state index contributed by atoms with van der Waals surface area (Å²) in [5.41, 5.74) is 1.51. The second-order valence-corrected chi connectivity index (χ2v) is 6.73. The van der Waals surface area contributed by atoms with E-state index in [4.69, 9.17) is 4.74 Å². The third-order valence-electron chi connectivity index (χ3n) is 5.10. The van der Waals surface area contributed by atoms with E-state index < -0.39 is 6.10 Å². The molecule has 0 aliphatic carbocycles. The highest BCUT2D eigenvalue weighted by Gasteiger charge is 2.39. The Hall–Kier alpha value is -1.46. The van der Waals surface area contributed by atoms with Crippen molar-refractivity contribution in [2.45, 2.75) is 45.3 Å². The summed E-state index contributed by atoms with van der Waals surface area (Å²) in [4.78, 5) is 14.7. The van der Waals surface area contributed by atoms with E-state index >= 15 is 0 Å². The van der Waals surface area contributed by atoms with Gasteiger partial charge in [-0.1, -0.05) is 0 Å². The van der Waals surface area contributed by atoms with E-state index in [1.54, 1.807) is 26.0 Å². The molecule has 0 saturated carbocycles. The molecule has 3 unspecified atom stereocenters. The third-order valence-corrected chi connectivity index (χ3v) is 5.10. The quantitative estimate of drug-likeness (QED) is 0.910. The van der Waals surface area contributed by atoms with Crippen LogP contribution in [0.2, 0.25) is 0 Å². The Morgan fingerprint density at radius 2 is 2.00 bits per heavy atom. The van der Waals surface area contributed by atoms with Gasteiger partial charge in [-0.15, -0.1) is 0 Å². The molecule has 0 spiro atoms. The van der Waals surface area contributed by atoms with Crippen molar-refractivity contribution >= 4 is 5.91 Å². The number of aliphatic hydroxyl groups is 1. The summed E-state index contributed by atoms with van der Waals surface area (Å²) in [5, 5.41) is 10.3. The van der Waals surface area contributed by atoms with E-state index in [2.05, 4.69) is 0 Å². The number of ether oxygens (including phenoxy) is 1. The van der Waals surface area contributed by atoms with Crippen molar-refractivity contribution in [3.05, 3.63) is 34.6 Å². The Morgan fingerprint density at radius 1 is 1.30 bits per heavy atom. The Balaban J connectivity index is 1.83. The Bertz CT molecular complexity index is 581. The van der Waals surface area contributed by atoms with Gasteiger partial charge < -0.3 is 14.7 Å². The zero-order valence-electron chi connectivity index (χ0n) is 13.7. The number of carbonyl (C=O) groups excluding carboxylic acids is 1. The number of nitrogens with zero attached hydrogens (tertiary/aromatic N) is 1. The lowest BCUT2D eigenvalue weighted by Gasteiger charge is -2.37. The largest absolute Gasteiger partial charge is 0.393 e. The maximum absolute atomic E-state index is 13.8. The van der Waals surface area contributed by atoms with Gasteiger partial charge in [0.25, 0.3) is 5.91 Å². The number of carbonyl (C=O) groups is 1. The van der Waals surface area contributed by atoms with Crippen LogP contribution in [-0.2, 0) is 4.74 Å². The topological polar surface area (TPSA) is 49.8 Å². The van der Waals surface area contributed by atoms with Gasteiger partial charge in [0.1, 0.15) is 5.82 Å². The first-order chi connectivity index (χ1) is 11.0. The predicted molar refractivity (Wildman–Crippen MR) is 84.9 cm³/mol. The van der Waals surface area contributed by atoms with Crippen LogP contribution in [0.25, 0.3) is 0 Å². The molecule has 0 bridgehead atoms. The summed E-state index contributed by atoms with van der Waals surface area (Å²) in [6.07, 6.45) is 2.02. The zero-order valence-corrected chi connectivity index (χ0v) is 13.7. The molecule has 3 atom stereocenters. The van der Waals surface area contributed by atoms with Crippen LogP contribution in [-0.4, -0.2) is 47.8 Å². The summed E-state index contributed by atoms with van der Waals surface area (Å²) in [6.45, 7) is 5.12. The highest BCUT2D eigenvalue weighted by Crippen LogP contribution is 2.31. The molecule has 1 aromatic rings. The fourth-order valence-corrected chi connectivity index (χ4v) is 3.84. The van der Waals surface area contributed by atoms with E-state index in [-0.39, 0.29) is 23.7 Å². The lowest BCUT2D eigenvalue weighted by Crippen LogP contribution is -2.48. The van der Waals surface area contributed by atoms with E-state index in [1.165, 1.54) is 0 Å². The second-order valence-electron chi connectivity index (χ2n) is 6.73. The van der Waals surface area contributed by atoms with Gasteiger partial charge in [-0.2, -0.15) is 0 Å². The first-order valence-electron chi connectivity index (χ1n) is 8.32. The summed E-state index contributed by atoms with van der Waals surface area (Å²) in [5.74, 6) is -0.357. The summed E-state index contributed by atoms with van der Waals surface area (Å²) >= 11 is 0. The molecule has 4 nitrogen and oxygen atoms in total. The highest BCUT2D eigenvalue weighted by atomic mass is 19.1. The van der Waals surface area contributed by atoms with Gasteiger partial charge in [-0.05, 0) is 56.4 Å². The van der Waals surface area contributed by atoms with Crippen molar-refractivity contribution in [1.82, 2.24) is 4.90 Å². The monoisotopic (exact) mass is 321 g/mol. The highest BCUT2D eigenvalue weighted by molar-refractivity contribution is 5.95. The molecule has 0 aromatic heterocycles. The number of likely N-dealkylation sites (tertiary alicyclic amines) is 1. The predicted octanol–water partition coefficient (Wildman–Crippen LogP) is 2.44. The SMILES string of the molecule is Cc1cc(C(=O)N2CCCC2C2COCCC2O)cc(C)c1F. The average Bonchev–Trinajstić information content (AvgIpc) is 3.01. The molecule has 2 heterocycles. The van der Waals surface area contributed by atoms with Crippen molar-refractivity contribution in [3.8, 4) is 0 Å². The van der Waals surface area contributed by atoms with Crippen LogP contribution in [0.4, 0.5) is 4.39 Å². The van der Waals surface area contributed by atoms with Crippen molar-refractivity contribution in [2.75, 3.05) is 19.8 Å². The summed E-state index contributed by atoms with van der Waals surface area (Å²) < 4.78 is 19.3. The number of rotatable bonds is 2. The maximum atomic E-state index is 13.8. The van der Waals surface area contributed by atoms with Gasteiger partial charge in [0.2, 0.25) is 0 Å². The Labute approximate surface area is 136 Å². The Morgan fingerprint density at radius 3 is 2.65 bits per heavy atom. The van der Waals surface area contributed by atoms with Crippen LogP contribution in [0.3, 0.4) is 0 Å². The molecule has 23 heavy (non-hydrogen) atoms. The molecule has 5 heteroatoms. The molecule has 1 amide bonds. The van der Waals surface area contributed by atoms with Crippen molar-refractivity contribution in [2.24, 2.45) is 5.92 Å². The van der Waals surface area contributed by atoms with Gasteiger partial charge in [0, 0.05) is 30.7 Å². The summed E-state index contributed by atoms with van der Waals surface area (Å²) in [7, 11) is 0. The van der Waals surface area contributed by atoms with Crippen molar-refractivity contribution in [1.29, 1.82) is 0 Å². The van der Waals surface area contributed by atoms with Crippen LogP contribution in [0, 0.1) is 25.6 Å². The number of amides is 1. The minimum absolute atomic E-state index is 0.00321. The van der Waals surface area contributed by atoms with E-state index in [0.717, 1.165) is 12.8 Å². The standard InChI is InChI=1S/C18H24FNO3/c1-11-8-13(9-12(2)17(11)19)18(22)20-6-3-4-15(20)14-10-23-7-5-16(14)21/h8-9,14-16,21H,3-7,10H2,1-2H3. The minimum atomic E-state index is -0.418. The van der Waals surface area contributed by atoms with Gasteiger partial charge in [-0.3, -0.25) is 4.79 Å². The fraction of sp³-hybridized carbons (Fsp3) is 0.611. The molecule has 2 saturated heterocycles. The van der Waals surface area contributed by atoms with Gasteiger partial charge in [0.15, 0.2) is 0 Å². The Kier molecular flexibility index (Phi) is 4.69. The molecule has 2 fully saturated rings. The van der Waals surface area contributed by atoms with Crippen LogP contribution in [0.1, 0.15) is 40.7 Å². The molecule has 1 aromatic carbocycles. The van der Waals surface area contributed by atoms with Crippen LogP contribution in [0.5, 0.6) is 0 Å². The van der Waals surface area contributed by atoms with E-state index in [9.17, 15) is 14.3 Å². The number of aliphatic hydroxyl groups excluding tert-OH is 1. The van der Waals surface area contributed by atoms with Crippen LogP contribution < -0.4 is 0 Å². The second kappa shape index (κ2) is 6.57. The maximum Gasteiger partial charge on any atom is 0.254 e. The van der Waals surface area contributed by atoms with Gasteiger partial charge in [0.05, 0.1) is 12.7 Å². The lowest BCUT2D eigenvalue weighted by molar-refractivity contribution is -0.0589. The molecular formula is C18H24FNO3. The molecule has 126 valence electrons. The van der Waals surface area contributed by atoms with Crippen molar-refractivity contribution in [3.63, 3.8) is 0 Å². The molecule has 2 aliphatic heterocycles. The molecule has 2 aliphatic rings. The number of hydrogen-bond donors (Lipinski definition) is 1. The van der Waals surface area contributed by atoms with Crippen molar-refractivity contribution < 1.29 is 19.0 Å². The number of aryl methyl sites for hydroxylation is 2. The third kappa shape index (κ3) is 3.12. The fourth-order valence-electron chi connectivity index (χ4n) is 3.84. The lowest BCUT2D eigenvalue weighted by atomic mass is 9.89. The average molecular weight is 321 g/mol. The molecular weight excluding hydrogens is 297 g/mol. The summed E-state index contributed by atoms with van der Waals surface area (Å²) in [6, 6.07) is 3.24. The first kappa shape index (κ1) is 16.4. The number of benzene rings is 1. The number of hydrogen-bond acceptors (Lipinski definition) is 3. The number of halogens is 1. The zero-order chi connectivity index (χ0) is 16.6. The van der Waals surface area contributed by atoms with E-state index in [0.29, 0.717) is 42.9 Å². The van der Waals surface area contributed by atoms with E-state index in [1.807, 2.05) is 4.90 Å². The van der Waals surface area contributed by atoms with Gasteiger partial charge >= 0.3 is 0 Å². The normalized spacial score (nSPS) is 28.2. The molecule has 3 rings (SSSR count). The van der Waals surface area contributed by atoms with Crippen LogP contribution >= 0.6 is 0 Å². The smallest absolute Gasteiger partial charge is 0.254 e.